The Hall–Kier alpha value is -2.33. The Balaban J connectivity index is 1.81. The molecule has 0 aliphatic heterocycles. The lowest BCUT2D eigenvalue weighted by Gasteiger charge is -2.07. The highest BCUT2D eigenvalue weighted by molar-refractivity contribution is 5.34. The van der Waals surface area contributed by atoms with Gasteiger partial charge in [-0.15, -0.1) is 5.10 Å². The Morgan fingerprint density at radius 3 is 2.65 bits per heavy atom. The van der Waals surface area contributed by atoms with Crippen molar-refractivity contribution in [2.75, 3.05) is 6.54 Å². The van der Waals surface area contributed by atoms with Crippen LogP contribution in [0, 0.1) is 23.0 Å². The summed E-state index contributed by atoms with van der Waals surface area (Å²) >= 11 is 0. The highest BCUT2D eigenvalue weighted by atomic mass is 19.1. The quantitative estimate of drug-likeness (QED) is 0.815. The smallest absolute Gasteiger partial charge is 0.131 e. The number of rotatable bonds is 6. The Labute approximate surface area is 114 Å². The van der Waals surface area contributed by atoms with E-state index in [0.29, 0.717) is 13.1 Å². The number of aromatic nitrogens is 3. The van der Waals surface area contributed by atoms with Gasteiger partial charge >= 0.3 is 0 Å². The van der Waals surface area contributed by atoms with Gasteiger partial charge in [0.05, 0.1) is 17.8 Å². The van der Waals surface area contributed by atoms with E-state index in [9.17, 15) is 8.78 Å². The van der Waals surface area contributed by atoms with Crippen LogP contribution in [0.25, 0.3) is 0 Å². The van der Waals surface area contributed by atoms with Crippen LogP contribution < -0.4 is 5.32 Å². The molecule has 0 saturated heterocycles. The number of nitrogens with zero attached hydrogens (tertiary/aromatic N) is 4. The third kappa shape index (κ3) is 3.59. The van der Waals surface area contributed by atoms with E-state index in [1.165, 1.54) is 0 Å². The average Bonchev–Trinajstić information content (AvgIpc) is 2.94. The van der Waals surface area contributed by atoms with Crippen molar-refractivity contribution in [1.82, 2.24) is 20.3 Å². The fourth-order valence-electron chi connectivity index (χ4n) is 1.77. The summed E-state index contributed by atoms with van der Waals surface area (Å²) in [6, 6.07) is 3.79. The molecular formula is C13H13F2N5. The zero-order valence-corrected chi connectivity index (χ0v) is 10.7. The van der Waals surface area contributed by atoms with Crippen LogP contribution in [0.3, 0.4) is 0 Å². The topological polar surface area (TPSA) is 66.5 Å². The molecule has 1 aromatic carbocycles. The van der Waals surface area contributed by atoms with Gasteiger partial charge in [-0.2, -0.15) is 5.26 Å². The van der Waals surface area contributed by atoms with Gasteiger partial charge in [0, 0.05) is 24.8 Å². The zero-order chi connectivity index (χ0) is 14.4. The zero-order valence-electron chi connectivity index (χ0n) is 10.7. The molecule has 0 amide bonds. The predicted octanol–water partition coefficient (Wildman–Crippen LogP) is 1.61. The van der Waals surface area contributed by atoms with Crippen molar-refractivity contribution in [3.8, 4) is 6.07 Å². The number of nitrogens with one attached hydrogen (secondary N) is 1. The van der Waals surface area contributed by atoms with Gasteiger partial charge in [0.1, 0.15) is 11.6 Å². The summed E-state index contributed by atoms with van der Waals surface area (Å²) < 4.78 is 28.8. The summed E-state index contributed by atoms with van der Waals surface area (Å²) in [5.74, 6) is -1.41. The first kappa shape index (κ1) is 14.1. The number of aryl methyl sites for hydroxylation is 1. The molecule has 0 saturated carbocycles. The molecule has 2 aromatic rings. The van der Waals surface area contributed by atoms with E-state index < -0.39 is 11.6 Å². The van der Waals surface area contributed by atoms with E-state index in [0.717, 1.165) is 18.6 Å². The van der Waals surface area contributed by atoms with Gasteiger partial charge in [-0.05, 0) is 25.1 Å². The molecular weight excluding hydrogens is 264 g/mol. The van der Waals surface area contributed by atoms with Crippen LogP contribution in [0.4, 0.5) is 8.78 Å². The van der Waals surface area contributed by atoms with E-state index in [4.69, 9.17) is 5.26 Å². The second kappa shape index (κ2) is 6.73. The fraction of sp³-hybridized carbons (Fsp3) is 0.308. The minimum Gasteiger partial charge on any atom is -0.312 e. The number of nitriles is 1. The first-order chi connectivity index (χ1) is 9.70. The molecule has 0 aliphatic carbocycles. The Kier molecular flexibility index (Phi) is 4.74. The molecule has 1 heterocycles. The molecule has 0 fully saturated rings. The van der Waals surface area contributed by atoms with Crippen molar-refractivity contribution < 1.29 is 8.78 Å². The normalized spacial score (nSPS) is 10.4. The van der Waals surface area contributed by atoms with Crippen LogP contribution in [-0.4, -0.2) is 21.5 Å². The molecule has 1 aromatic heterocycles. The minimum atomic E-state index is -0.703. The maximum Gasteiger partial charge on any atom is 0.131 e. The van der Waals surface area contributed by atoms with Crippen LogP contribution in [0.15, 0.2) is 24.5 Å². The van der Waals surface area contributed by atoms with Gasteiger partial charge in [-0.25, -0.2) is 8.78 Å². The first-order valence-corrected chi connectivity index (χ1v) is 6.13. The van der Waals surface area contributed by atoms with Crippen molar-refractivity contribution in [2.45, 2.75) is 19.5 Å². The van der Waals surface area contributed by atoms with E-state index >= 15 is 0 Å². The second-order valence-electron chi connectivity index (χ2n) is 4.23. The summed E-state index contributed by atoms with van der Waals surface area (Å²) in [7, 11) is 0. The first-order valence-electron chi connectivity index (χ1n) is 6.13. The monoisotopic (exact) mass is 277 g/mol. The number of hydrogen-bond donors (Lipinski definition) is 1. The summed E-state index contributed by atoms with van der Waals surface area (Å²) in [4.78, 5) is 0. The number of halogens is 2. The van der Waals surface area contributed by atoms with Gasteiger partial charge in [0.2, 0.25) is 0 Å². The average molecular weight is 277 g/mol. The third-order valence-electron chi connectivity index (χ3n) is 2.78. The highest BCUT2D eigenvalue weighted by Crippen LogP contribution is 2.14. The van der Waals surface area contributed by atoms with Crippen LogP contribution >= 0.6 is 0 Å². The molecule has 5 nitrogen and oxygen atoms in total. The van der Waals surface area contributed by atoms with E-state index in [1.54, 1.807) is 23.1 Å². The number of benzene rings is 1. The lowest BCUT2D eigenvalue weighted by Crippen LogP contribution is -2.18. The number of hydrogen-bond acceptors (Lipinski definition) is 4. The van der Waals surface area contributed by atoms with E-state index in [2.05, 4.69) is 15.6 Å². The molecule has 0 aliphatic rings. The Morgan fingerprint density at radius 1 is 1.30 bits per heavy atom. The Morgan fingerprint density at radius 2 is 2.05 bits per heavy atom. The van der Waals surface area contributed by atoms with Crippen LogP contribution in [0.2, 0.25) is 0 Å². The van der Waals surface area contributed by atoms with Crippen LogP contribution in [0.5, 0.6) is 0 Å². The molecule has 104 valence electrons. The summed E-state index contributed by atoms with van der Waals surface area (Å²) in [6.45, 7) is 1.37. The molecule has 0 spiro atoms. The summed E-state index contributed by atoms with van der Waals surface area (Å²) in [5, 5.41) is 19.0. The van der Waals surface area contributed by atoms with E-state index in [-0.39, 0.29) is 17.7 Å². The maximum atomic E-state index is 13.6. The van der Waals surface area contributed by atoms with Gasteiger partial charge < -0.3 is 5.32 Å². The summed E-state index contributed by atoms with van der Waals surface area (Å²) in [5.41, 5.74) is -0.0697. The molecule has 20 heavy (non-hydrogen) atoms. The van der Waals surface area contributed by atoms with Crippen molar-refractivity contribution >= 4 is 0 Å². The van der Waals surface area contributed by atoms with Crippen LogP contribution in [-0.2, 0) is 13.1 Å². The highest BCUT2D eigenvalue weighted by Gasteiger charge is 2.10. The van der Waals surface area contributed by atoms with Crippen molar-refractivity contribution in [3.63, 3.8) is 0 Å². The van der Waals surface area contributed by atoms with Gasteiger partial charge in [-0.3, -0.25) is 4.68 Å². The van der Waals surface area contributed by atoms with Crippen molar-refractivity contribution in [3.05, 3.63) is 47.3 Å². The largest absolute Gasteiger partial charge is 0.312 e. The molecule has 7 heteroatoms. The van der Waals surface area contributed by atoms with Gasteiger partial charge in [0.15, 0.2) is 0 Å². The molecule has 0 radical (unpaired) electrons. The lowest BCUT2D eigenvalue weighted by atomic mass is 10.1. The van der Waals surface area contributed by atoms with Gasteiger partial charge in [-0.1, -0.05) is 5.21 Å². The molecule has 0 bridgehead atoms. The molecule has 0 unspecified atom stereocenters. The van der Waals surface area contributed by atoms with Crippen molar-refractivity contribution in [1.29, 1.82) is 5.26 Å². The fourth-order valence-corrected chi connectivity index (χ4v) is 1.77. The third-order valence-corrected chi connectivity index (χ3v) is 2.78. The predicted molar refractivity (Wildman–Crippen MR) is 67.4 cm³/mol. The molecule has 1 N–H and O–H groups in total. The standard InChI is InChI=1S/C13H13F2N5/c14-12-6-10(8-16)7-13(15)11(12)9-17-2-1-4-20-5-3-18-19-20/h3,5-7,17H,1-2,4,9H2. The van der Waals surface area contributed by atoms with Gasteiger partial charge in [0.25, 0.3) is 0 Å². The Bertz CT molecular complexity index is 581. The SMILES string of the molecule is N#Cc1cc(F)c(CNCCCn2ccnn2)c(F)c1. The summed E-state index contributed by atoms with van der Waals surface area (Å²) in [6.07, 6.45) is 4.11. The minimum absolute atomic E-state index is 0.0186. The van der Waals surface area contributed by atoms with Crippen LogP contribution in [0.1, 0.15) is 17.5 Å². The van der Waals surface area contributed by atoms with Crippen molar-refractivity contribution in [2.24, 2.45) is 0 Å². The molecule has 0 atom stereocenters. The lowest BCUT2D eigenvalue weighted by molar-refractivity contribution is 0.507. The maximum absolute atomic E-state index is 13.6. The second-order valence-corrected chi connectivity index (χ2v) is 4.23. The molecule has 2 rings (SSSR count). The van der Waals surface area contributed by atoms with E-state index in [1.807, 2.05) is 0 Å².